The minimum absolute atomic E-state index is 0.000739. The molecule has 2 N–H and O–H groups in total. The Morgan fingerprint density at radius 1 is 0.814 bits per heavy atom. The van der Waals surface area contributed by atoms with Crippen molar-refractivity contribution in [3.8, 4) is 11.3 Å². The third kappa shape index (κ3) is 4.83. The van der Waals surface area contributed by atoms with Crippen LogP contribution in [0.3, 0.4) is 0 Å². The molecule has 0 fully saturated rings. The molecule has 0 radical (unpaired) electrons. The van der Waals surface area contributed by atoms with Gasteiger partial charge in [0.2, 0.25) is 5.91 Å². The van der Waals surface area contributed by atoms with Crippen LogP contribution in [-0.2, 0) is 30.8 Å². The molecule has 0 aliphatic carbocycles. The minimum atomic E-state index is -0.587. The molecule has 0 saturated carbocycles. The topological polar surface area (TPSA) is 88.6 Å². The van der Waals surface area contributed by atoms with Crippen molar-refractivity contribution in [3.63, 3.8) is 0 Å². The lowest BCUT2D eigenvalue weighted by molar-refractivity contribution is -0.133. The molecule has 0 spiro atoms. The van der Waals surface area contributed by atoms with Crippen molar-refractivity contribution in [1.29, 1.82) is 0 Å². The van der Waals surface area contributed by atoms with Gasteiger partial charge in [-0.1, -0.05) is 54.6 Å². The second kappa shape index (κ2) is 10.9. The quantitative estimate of drug-likeness (QED) is 0.313. The average Bonchev–Trinajstić information content (AvgIpc) is 3.53. The first-order valence-corrected chi connectivity index (χ1v) is 14.9. The third-order valence-electron chi connectivity index (χ3n) is 9.54. The fourth-order valence-electron chi connectivity index (χ4n) is 6.79. The molecule has 2 aliphatic heterocycles. The van der Waals surface area contributed by atoms with Gasteiger partial charge >= 0.3 is 6.03 Å². The fraction of sp³-hybridized carbons (Fsp3) is 0.306. The predicted octanol–water partition coefficient (Wildman–Crippen LogP) is 6.24. The largest absolute Gasteiger partial charge is 0.351 e. The summed E-state index contributed by atoms with van der Waals surface area (Å²) in [5.41, 5.74) is 15.7. The van der Waals surface area contributed by atoms with Crippen LogP contribution < -0.4 is 5.73 Å². The van der Waals surface area contributed by atoms with E-state index in [1.165, 1.54) is 10.1 Å². The number of aromatic nitrogens is 1. The van der Waals surface area contributed by atoms with Crippen LogP contribution >= 0.6 is 0 Å². The normalized spacial score (nSPS) is 16.5. The summed E-state index contributed by atoms with van der Waals surface area (Å²) >= 11 is 0. The van der Waals surface area contributed by atoms with Gasteiger partial charge in [0.05, 0.1) is 11.6 Å². The van der Waals surface area contributed by atoms with Gasteiger partial charge in [-0.25, -0.2) is 4.79 Å². The molecule has 0 bridgehead atoms. The second-order valence-corrected chi connectivity index (χ2v) is 12.1. The van der Waals surface area contributed by atoms with Gasteiger partial charge in [-0.15, -0.1) is 0 Å². The first kappa shape index (κ1) is 28.5. The molecule has 3 heterocycles. The van der Waals surface area contributed by atoms with Gasteiger partial charge in [0, 0.05) is 42.5 Å². The number of rotatable bonds is 4. The van der Waals surface area contributed by atoms with Crippen LogP contribution in [0.5, 0.6) is 0 Å². The molecule has 7 heteroatoms. The van der Waals surface area contributed by atoms with E-state index in [0.29, 0.717) is 36.5 Å². The zero-order valence-electron chi connectivity index (χ0n) is 25.5. The zero-order valence-corrected chi connectivity index (χ0v) is 25.5. The van der Waals surface area contributed by atoms with Gasteiger partial charge in [0.25, 0.3) is 5.91 Å². The molecule has 7 nitrogen and oxygen atoms in total. The van der Waals surface area contributed by atoms with Crippen molar-refractivity contribution < 1.29 is 14.4 Å². The summed E-state index contributed by atoms with van der Waals surface area (Å²) in [5, 5.41) is 0. The number of nitrogens with two attached hydrogens (primary N) is 1. The monoisotopic (exact) mass is 574 g/mol. The van der Waals surface area contributed by atoms with Crippen molar-refractivity contribution in [2.75, 3.05) is 0 Å². The van der Waals surface area contributed by atoms with Gasteiger partial charge in [-0.2, -0.15) is 0 Å². The number of carbonyl (C=O) groups is 3. The lowest BCUT2D eigenvalue weighted by Gasteiger charge is -2.35. The molecule has 1 aromatic heterocycles. The molecule has 2 aliphatic rings. The number of hydrogen-bond donors (Lipinski definition) is 1. The highest BCUT2D eigenvalue weighted by molar-refractivity contribution is 6.03. The van der Waals surface area contributed by atoms with Crippen molar-refractivity contribution in [1.82, 2.24) is 14.4 Å². The lowest BCUT2D eigenvalue weighted by atomic mass is 9.91. The van der Waals surface area contributed by atoms with Gasteiger partial charge in [0.1, 0.15) is 0 Å². The van der Waals surface area contributed by atoms with Crippen LogP contribution in [0.4, 0.5) is 4.79 Å². The highest BCUT2D eigenvalue weighted by Gasteiger charge is 2.34. The molecule has 0 unspecified atom stereocenters. The van der Waals surface area contributed by atoms with E-state index >= 15 is 0 Å². The van der Waals surface area contributed by atoms with E-state index in [1.54, 1.807) is 0 Å². The van der Waals surface area contributed by atoms with Crippen LogP contribution in [0, 0.1) is 20.8 Å². The molecule has 3 amide bonds. The summed E-state index contributed by atoms with van der Waals surface area (Å²) in [6.07, 6.45) is 0.775. The Bertz CT molecular complexity index is 1770. The molecule has 6 rings (SSSR count). The van der Waals surface area contributed by atoms with Crippen LogP contribution in [0.15, 0.2) is 66.7 Å². The van der Waals surface area contributed by atoms with E-state index in [-0.39, 0.29) is 23.8 Å². The minimum Gasteiger partial charge on any atom is -0.351 e. The number of benzene rings is 3. The smallest absolute Gasteiger partial charge is 0.323 e. The number of nitrogens with zero attached hydrogens (tertiary/aromatic N) is 3. The van der Waals surface area contributed by atoms with Gasteiger partial charge in [0.15, 0.2) is 0 Å². The molecule has 4 aromatic rings. The Labute approximate surface area is 252 Å². The number of primary amides is 1. The maximum atomic E-state index is 14.5. The third-order valence-corrected chi connectivity index (χ3v) is 9.54. The van der Waals surface area contributed by atoms with E-state index in [4.69, 9.17) is 5.73 Å². The summed E-state index contributed by atoms with van der Waals surface area (Å²) in [4.78, 5) is 44.7. The SMILES string of the molecule is Cc1c(C)c(-c2cc3c(cc2C(=O)N2Cc4ccccc4C[C@H]2C)CN(C(=O)[C@@H](C)c2ccccc2)C3)n(C(N)=O)c1C. The first-order chi connectivity index (χ1) is 20.6. The molecule has 3 aromatic carbocycles. The Morgan fingerprint density at radius 3 is 2.12 bits per heavy atom. The summed E-state index contributed by atoms with van der Waals surface area (Å²) in [5.74, 6) is -0.333. The number of amides is 3. The van der Waals surface area contributed by atoms with Crippen LogP contribution in [0.1, 0.15) is 74.8 Å². The molecule has 2 atom stereocenters. The van der Waals surface area contributed by atoms with E-state index in [0.717, 1.165) is 45.5 Å². The molecular weight excluding hydrogens is 536 g/mol. The Balaban J connectivity index is 1.45. The highest BCUT2D eigenvalue weighted by atomic mass is 16.2. The number of carbonyl (C=O) groups excluding carboxylic acids is 3. The number of hydrogen-bond acceptors (Lipinski definition) is 3. The molecular formula is C36H38N4O3. The van der Waals surface area contributed by atoms with Gasteiger partial charge in [-0.3, -0.25) is 14.2 Å². The van der Waals surface area contributed by atoms with Crippen LogP contribution in [0.25, 0.3) is 11.3 Å². The van der Waals surface area contributed by atoms with Crippen molar-refractivity contribution in [2.24, 2.45) is 5.73 Å². The maximum Gasteiger partial charge on any atom is 0.323 e. The summed E-state index contributed by atoms with van der Waals surface area (Å²) in [6, 6.07) is 21.4. The lowest BCUT2D eigenvalue weighted by Crippen LogP contribution is -2.42. The van der Waals surface area contributed by atoms with Crippen molar-refractivity contribution in [2.45, 2.75) is 72.6 Å². The Kier molecular flexibility index (Phi) is 7.20. The van der Waals surface area contributed by atoms with E-state index < -0.39 is 6.03 Å². The van der Waals surface area contributed by atoms with E-state index in [1.807, 2.05) is 92.1 Å². The van der Waals surface area contributed by atoms with Gasteiger partial charge < -0.3 is 15.5 Å². The van der Waals surface area contributed by atoms with Crippen LogP contribution in [-0.4, -0.2) is 38.3 Å². The fourth-order valence-corrected chi connectivity index (χ4v) is 6.79. The molecule has 220 valence electrons. The Morgan fingerprint density at radius 2 is 1.44 bits per heavy atom. The standard InChI is InChI=1S/C36H38N4O3/c1-21-15-27-13-9-10-14-28(27)20-39(21)35(42)32-17-30-19-38(34(41)24(4)26-11-7-6-8-12-26)18-29(30)16-31(32)33-23(3)22(2)25(5)40(33)36(37)43/h6-14,16-17,21,24H,15,18-20H2,1-5H3,(H2,37,43)/t21-,24+/m1/s1. The second-order valence-electron chi connectivity index (χ2n) is 12.1. The van der Waals surface area contributed by atoms with E-state index in [9.17, 15) is 14.4 Å². The predicted molar refractivity (Wildman–Crippen MR) is 168 cm³/mol. The zero-order chi connectivity index (χ0) is 30.6. The average molecular weight is 575 g/mol. The van der Waals surface area contributed by atoms with Crippen molar-refractivity contribution >= 4 is 17.8 Å². The summed E-state index contributed by atoms with van der Waals surface area (Å²) < 4.78 is 1.52. The first-order valence-electron chi connectivity index (χ1n) is 14.9. The summed E-state index contributed by atoms with van der Waals surface area (Å²) in [7, 11) is 0. The van der Waals surface area contributed by atoms with Crippen molar-refractivity contribution in [3.05, 3.63) is 117 Å². The van der Waals surface area contributed by atoms with Crippen LogP contribution in [0.2, 0.25) is 0 Å². The number of fused-ring (bicyclic) bond motifs is 2. The summed E-state index contributed by atoms with van der Waals surface area (Å²) in [6.45, 7) is 11.2. The highest BCUT2D eigenvalue weighted by Crippen LogP contribution is 2.39. The van der Waals surface area contributed by atoms with E-state index in [2.05, 4.69) is 19.1 Å². The van der Waals surface area contributed by atoms with Gasteiger partial charge in [-0.05, 0) is 92.1 Å². The maximum absolute atomic E-state index is 14.5. The Hall–Kier alpha value is -4.65. The molecule has 43 heavy (non-hydrogen) atoms. The molecule has 0 saturated heterocycles.